The van der Waals surface area contributed by atoms with Gasteiger partial charge in [0, 0.05) is 16.3 Å². The number of aromatic nitrogens is 4. The molecule has 5 nitrogen and oxygen atoms in total. The van der Waals surface area contributed by atoms with Crippen molar-refractivity contribution >= 4 is 17.3 Å². The van der Waals surface area contributed by atoms with E-state index in [1.54, 1.807) is 22.9 Å². The number of nitrogens with two attached hydrogens (primary N) is 1. The summed E-state index contributed by atoms with van der Waals surface area (Å²) >= 11 is 6.05. The molecule has 0 saturated carbocycles. The van der Waals surface area contributed by atoms with Crippen molar-refractivity contribution in [2.75, 3.05) is 5.73 Å². The summed E-state index contributed by atoms with van der Waals surface area (Å²) in [4.78, 5) is 0. The van der Waals surface area contributed by atoms with Crippen molar-refractivity contribution in [1.29, 1.82) is 0 Å². The van der Waals surface area contributed by atoms with Crippen LogP contribution in [0.2, 0.25) is 5.02 Å². The molecular weight excluding hydrogens is 286 g/mol. The Morgan fingerprint density at radius 1 is 1.14 bits per heavy atom. The van der Waals surface area contributed by atoms with Crippen LogP contribution in [0.4, 0.5) is 5.69 Å². The van der Waals surface area contributed by atoms with Gasteiger partial charge in [-0.15, -0.1) is 5.10 Å². The SMILES string of the molecule is CC(c1ccccc1)n1nnnc1-c1cc(Cl)ccc1N. The summed E-state index contributed by atoms with van der Waals surface area (Å²) in [6.07, 6.45) is 0. The van der Waals surface area contributed by atoms with Crippen molar-refractivity contribution in [3.8, 4) is 11.4 Å². The second-order valence-corrected chi connectivity index (χ2v) is 5.20. The van der Waals surface area contributed by atoms with E-state index in [2.05, 4.69) is 15.5 Å². The fourth-order valence-corrected chi connectivity index (χ4v) is 2.40. The van der Waals surface area contributed by atoms with Crippen LogP contribution in [0.5, 0.6) is 0 Å². The standard InChI is InChI=1S/C15H14ClN5/c1-10(11-5-3-2-4-6-11)21-15(18-19-20-21)13-9-12(16)7-8-14(13)17/h2-10H,17H2,1H3. The Hall–Kier alpha value is -2.40. The van der Waals surface area contributed by atoms with Gasteiger partial charge in [-0.25, -0.2) is 4.68 Å². The Kier molecular flexibility index (Phi) is 3.58. The van der Waals surface area contributed by atoms with E-state index in [1.165, 1.54) is 0 Å². The largest absolute Gasteiger partial charge is 0.398 e. The lowest BCUT2D eigenvalue weighted by Gasteiger charge is -2.14. The van der Waals surface area contributed by atoms with Gasteiger partial charge in [0.15, 0.2) is 5.82 Å². The van der Waals surface area contributed by atoms with E-state index in [0.717, 1.165) is 11.1 Å². The fraction of sp³-hybridized carbons (Fsp3) is 0.133. The summed E-state index contributed by atoms with van der Waals surface area (Å²) in [6.45, 7) is 2.04. The quantitative estimate of drug-likeness (QED) is 0.754. The number of anilines is 1. The summed E-state index contributed by atoms with van der Waals surface area (Å²) in [6, 6.07) is 15.3. The predicted molar refractivity (Wildman–Crippen MR) is 82.9 cm³/mol. The van der Waals surface area contributed by atoms with Crippen LogP contribution in [-0.4, -0.2) is 20.2 Å². The third-order valence-electron chi connectivity index (χ3n) is 3.40. The first kappa shape index (κ1) is 13.6. The predicted octanol–water partition coefficient (Wildman–Crippen LogP) is 3.19. The van der Waals surface area contributed by atoms with E-state index in [4.69, 9.17) is 17.3 Å². The maximum atomic E-state index is 6.05. The zero-order chi connectivity index (χ0) is 14.8. The Balaban J connectivity index is 2.07. The molecule has 106 valence electrons. The minimum absolute atomic E-state index is 0.00502. The molecule has 0 amide bonds. The molecule has 0 fully saturated rings. The summed E-state index contributed by atoms with van der Waals surface area (Å²) < 4.78 is 1.75. The molecule has 0 aliphatic carbocycles. The summed E-state index contributed by atoms with van der Waals surface area (Å²) in [5, 5.41) is 12.6. The highest BCUT2D eigenvalue weighted by molar-refractivity contribution is 6.31. The average molecular weight is 300 g/mol. The Bertz CT molecular complexity index is 754. The molecular formula is C15H14ClN5. The van der Waals surface area contributed by atoms with Crippen LogP contribution in [0.25, 0.3) is 11.4 Å². The van der Waals surface area contributed by atoms with Crippen molar-refractivity contribution in [2.45, 2.75) is 13.0 Å². The van der Waals surface area contributed by atoms with Crippen molar-refractivity contribution in [3.63, 3.8) is 0 Å². The highest BCUT2D eigenvalue weighted by atomic mass is 35.5. The van der Waals surface area contributed by atoms with Crippen LogP contribution in [0, 0.1) is 0 Å². The van der Waals surface area contributed by atoms with Crippen molar-refractivity contribution in [1.82, 2.24) is 20.2 Å². The second-order valence-electron chi connectivity index (χ2n) is 4.77. The molecule has 21 heavy (non-hydrogen) atoms. The molecule has 1 aromatic heterocycles. The van der Waals surface area contributed by atoms with Gasteiger partial charge < -0.3 is 5.73 Å². The normalized spacial score (nSPS) is 12.3. The Labute approximate surface area is 127 Å². The molecule has 2 N–H and O–H groups in total. The molecule has 3 aromatic rings. The van der Waals surface area contributed by atoms with E-state index in [-0.39, 0.29) is 6.04 Å². The highest BCUT2D eigenvalue weighted by Gasteiger charge is 2.18. The van der Waals surface area contributed by atoms with E-state index in [9.17, 15) is 0 Å². The first-order chi connectivity index (χ1) is 10.2. The smallest absolute Gasteiger partial charge is 0.184 e. The monoisotopic (exact) mass is 299 g/mol. The molecule has 0 spiro atoms. The molecule has 6 heteroatoms. The molecule has 3 rings (SSSR count). The number of rotatable bonds is 3. The minimum atomic E-state index is -0.00502. The van der Waals surface area contributed by atoms with Gasteiger partial charge in [-0.1, -0.05) is 41.9 Å². The number of nitrogens with zero attached hydrogens (tertiary/aromatic N) is 4. The first-order valence-corrected chi connectivity index (χ1v) is 6.93. The van der Waals surface area contributed by atoms with Gasteiger partial charge in [0.05, 0.1) is 6.04 Å². The van der Waals surface area contributed by atoms with Crippen LogP contribution in [-0.2, 0) is 0 Å². The molecule has 1 atom stereocenters. The van der Waals surface area contributed by atoms with Crippen LogP contribution >= 0.6 is 11.6 Å². The van der Waals surface area contributed by atoms with Gasteiger partial charge in [0.1, 0.15) is 0 Å². The van der Waals surface area contributed by atoms with Gasteiger partial charge in [0.25, 0.3) is 0 Å². The molecule has 0 aliphatic rings. The number of benzene rings is 2. The summed E-state index contributed by atoms with van der Waals surface area (Å²) in [7, 11) is 0. The number of tetrazole rings is 1. The lowest BCUT2D eigenvalue weighted by molar-refractivity contribution is 0.548. The molecule has 0 radical (unpaired) electrons. The lowest BCUT2D eigenvalue weighted by atomic mass is 10.1. The minimum Gasteiger partial charge on any atom is -0.398 e. The third kappa shape index (κ3) is 2.60. The topological polar surface area (TPSA) is 69.6 Å². The first-order valence-electron chi connectivity index (χ1n) is 6.55. The van der Waals surface area contributed by atoms with E-state index < -0.39 is 0 Å². The van der Waals surface area contributed by atoms with Crippen molar-refractivity contribution in [2.24, 2.45) is 0 Å². The van der Waals surface area contributed by atoms with Crippen molar-refractivity contribution < 1.29 is 0 Å². The van der Waals surface area contributed by atoms with E-state index in [0.29, 0.717) is 16.5 Å². The Morgan fingerprint density at radius 3 is 2.67 bits per heavy atom. The van der Waals surface area contributed by atoms with Crippen LogP contribution < -0.4 is 5.73 Å². The lowest BCUT2D eigenvalue weighted by Crippen LogP contribution is -2.11. The molecule has 1 unspecified atom stereocenters. The number of hydrogen-bond donors (Lipinski definition) is 1. The molecule has 0 aliphatic heterocycles. The highest BCUT2D eigenvalue weighted by Crippen LogP contribution is 2.29. The van der Waals surface area contributed by atoms with Gasteiger partial charge in [0.2, 0.25) is 0 Å². The molecule has 0 saturated heterocycles. The molecule has 0 bridgehead atoms. The van der Waals surface area contributed by atoms with Crippen LogP contribution in [0.15, 0.2) is 48.5 Å². The summed E-state index contributed by atoms with van der Waals surface area (Å²) in [5.74, 6) is 0.603. The second kappa shape index (κ2) is 5.54. The van der Waals surface area contributed by atoms with Crippen LogP contribution in [0.3, 0.4) is 0 Å². The van der Waals surface area contributed by atoms with Gasteiger partial charge in [-0.3, -0.25) is 0 Å². The average Bonchev–Trinajstić information content (AvgIpc) is 2.99. The van der Waals surface area contributed by atoms with E-state index >= 15 is 0 Å². The van der Waals surface area contributed by atoms with Crippen molar-refractivity contribution in [3.05, 3.63) is 59.1 Å². The van der Waals surface area contributed by atoms with Crippen LogP contribution in [0.1, 0.15) is 18.5 Å². The zero-order valence-electron chi connectivity index (χ0n) is 11.4. The fourth-order valence-electron chi connectivity index (χ4n) is 2.23. The third-order valence-corrected chi connectivity index (χ3v) is 3.63. The molecule has 2 aromatic carbocycles. The number of hydrogen-bond acceptors (Lipinski definition) is 4. The maximum Gasteiger partial charge on any atom is 0.184 e. The van der Waals surface area contributed by atoms with E-state index in [1.807, 2.05) is 37.3 Å². The number of nitrogen functional groups attached to an aromatic ring is 1. The molecule has 1 heterocycles. The van der Waals surface area contributed by atoms with Gasteiger partial charge >= 0.3 is 0 Å². The van der Waals surface area contributed by atoms with Gasteiger partial charge in [-0.05, 0) is 41.1 Å². The summed E-state index contributed by atoms with van der Waals surface area (Å²) in [5.41, 5.74) is 8.46. The zero-order valence-corrected chi connectivity index (χ0v) is 12.2. The Morgan fingerprint density at radius 2 is 1.90 bits per heavy atom. The maximum absolute atomic E-state index is 6.05. The number of halogens is 1. The van der Waals surface area contributed by atoms with Gasteiger partial charge in [-0.2, -0.15) is 0 Å².